The Bertz CT molecular complexity index is 609. The molecule has 5 heteroatoms. The molecule has 0 saturated heterocycles. The maximum atomic E-state index is 13.1. The lowest BCUT2D eigenvalue weighted by atomic mass is 10.0. The largest absolute Gasteiger partial charge is 0.396 e. The van der Waals surface area contributed by atoms with Crippen molar-refractivity contribution in [1.29, 1.82) is 0 Å². The number of halogens is 2. The van der Waals surface area contributed by atoms with Crippen molar-refractivity contribution in [3.8, 4) is 0 Å². The van der Waals surface area contributed by atoms with E-state index in [1.807, 2.05) is 0 Å². The number of ketones is 1. The molecule has 0 amide bonds. The molecule has 18 heavy (non-hydrogen) atoms. The van der Waals surface area contributed by atoms with Crippen molar-refractivity contribution >= 4 is 17.2 Å². The fourth-order valence-corrected chi connectivity index (χ4v) is 1.56. The van der Waals surface area contributed by atoms with E-state index in [1.54, 1.807) is 0 Å². The summed E-state index contributed by atoms with van der Waals surface area (Å²) in [5, 5.41) is 0. The topological polar surface area (TPSA) is 69.1 Å². The zero-order chi connectivity index (χ0) is 13.3. The van der Waals surface area contributed by atoms with Gasteiger partial charge < -0.3 is 11.5 Å². The quantitative estimate of drug-likeness (QED) is 0.633. The van der Waals surface area contributed by atoms with Gasteiger partial charge in [0.15, 0.2) is 5.78 Å². The van der Waals surface area contributed by atoms with Crippen molar-refractivity contribution in [2.24, 2.45) is 0 Å². The van der Waals surface area contributed by atoms with Crippen LogP contribution in [0.2, 0.25) is 0 Å². The monoisotopic (exact) mass is 248 g/mol. The van der Waals surface area contributed by atoms with E-state index in [0.717, 1.165) is 18.2 Å². The Labute approximate surface area is 102 Å². The Balaban J connectivity index is 2.46. The van der Waals surface area contributed by atoms with Gasteiger partial charge in [-0.25, -0.2) is 8.78 Å². The second-order valence-electron chi connectivity index (χ2n) is 3.76. The van der Waals surface area contributed by atoms with E-state index >= 15 is 0 Å². The highest BCUT2D eigenvalue weighted by atomic mass is 19.1. The fraction of sp³-hybridized carbons (Fsp3) is 0. The molecule has 2 aromatic rings. The van der Waals surface area contributed by atoms with E-state index in [9.17, 15) is 13.6 Å². The lowest BCUT2D eigenvalue weighted by molar-refractivity contribution is 0.103. The zero-order valence-electron chi connectivity index (χ0n) is 9.28. The average Bonchev–Trinajstić information content (AvgIpc) is 2.36. The zero-order valence-corrected chi connectivity index (χ0v) is 9.28. The minimum absolute atomic E-state index is 0.0977. The van der Waals surface area contributed by atoms with Gasteiger partial charge in [0.1, 0.15) is 11.6 Å². The first-order chi connectivity index (χ1) is 8.50. The normalized spacial score (nSPS) is 10.3. The first-order valence-electron chi connectivity index (χ1n) is 5.14. The smallest absolute Gasteiger partial charge is 0.195 e. The molecular weight excluding hydrogens is 238 g/mol. The van der Waals surface area contributed by atoms with E-state index < -0.39 is 17.4 Å². The van der Waals surface area contributed by atoms with E-state index in [-0.39, 0.29) is 22.5 Å². The van der Waals surface area contributed by atoms with Crippen LogP contribution in [0.1, 0.15) is 15.9 Å². The van der Waals surface area contributed by atoms with Crippen molar-refractivity contribution in [1.82, 2.24) is 0 Å². The SMILES string of the molecule is Nc1c(F)ccc(C(=O)c2ccc(F)cc2)c1N. The summed E-state index contributed by atoms with van der Waals surface area (Å²) in [6.07, 6.45) is 0. The summed E-state index contributed by atoms with van der Waals surface area (Å²) in [7, 11) is 0. The third kappa shape index (κ3) is 2.02. The van der Waals surface area contributed by atoms with Gasteiger partial charge in [-0.1, -0.05) is 0 Å². The molecule has 0 saturated carbocycles. The average molecular weight is 248 g/mol. The molecule has 0 fully saturated rings. The third-order valence-electron chi connectivity index (χ3n) is 2.59. The van der Waals surface area contributed by atoms with Gasteiger partial charge in [0.05, 0.1) is 11.4 Å². The van der Waals surface area contributed by atoms with Crippen LogP contribution in [-0.4, -0.2) is 5.78 Å². The molecule has 0 aliphatic rings. The molecule has 0 spiro atoms. The van der Waals surface area contributed by atoms with Crippen molar-refractivity contribution < 1.29 is 13.6 Å². The number of carbonyl (C=O) groups is 1. The highest BCUT2D eigenvalue weighted by Crippen LogP contribution is 2.25. The summed E-state index contributed by atoms with van der Waals surface area (Å²) in [4.78, 5) is 12.1. The van der Waals surface area contributed by atoms with Gasteiger partial charge in [0.25, 0.3) is 0 Å². The van der Waals surface area contributed by atoms with Gasteiger partial charge in [0, 0.05) is 11.1 Å². The van der Waals surface area contributed by atoms with Gasteiger partial charge >= 0.3 is 0 Å². The predicted molar refractivity (Wildman–Crippen MR) is 65.1 cm³/mol. The molecule has 2 aromatic carbocycles. The molecule has 92 valence electrons. The number of anilines is 2. The fourth-order valence-electron chi connectivity index (χ4n) is 1.56. The Hall–Kier alpha value is -2.43. The van der Waals surface area contributed by atoms with Crippen LogP contribution in [0, 0.1) is 11.6 Å². The number of benzene rings is 2. The van der Waals surface area contributed by atoms with Gasteiger partial charge in [0.2, 0.25) is 0 Å². The number of nitrogens with two attached hydrogens (primary N) is 2. The number of hydrogen-bond acceptors (Lipinski definition) is 3. The Morgan fingerprint density at radius 3 is 2.11 bits per heavy atom. The lowest BCUT2D eigenvalue weighted by Crippen LogP contribution is -2.09. The number of rotatable bonds is 2. The second kappa shape index (κ2) is 4.44. The lowest BCUT2D eigenvalue weighted by Gasteiger charge is -2.08. The molecule has 2 rings (SSSR count). The Morgan fingerprint density at radius 2 is 1.50 bits per heavy atom. The predicted octanol–water partition coefficient (Wildman–Crippen LogP) is 2.36. The molecule has 3 nitrogen and oxygen atoms in total. The van der Waals surface area contributed by atoms with E-state index in [4.69, 9.17) is 11.5 Å². The molecule has 0 aliphatic heterocycles. The van der Waals surface area contributed by atoms with Crippen molar-refractivity contribution in [2.45, 2.75) is 0 Å². The van der Waals surface area contributed by atoms with E-state index in [2.05, 4.69) is 0 Å². The van der Waals surface area contributed by atoms with Crippen LogP contribution in [0.15, 0.2) is 36.4 Å². The van der Waals surface area contributed by atoms with E-state index in [1.165, 1.54) is 18.2 Å². The molecule has 0 aliphatic carbocycles. The standard InChI is InChI=1S/C13H10F2N2O/c14-8-3-1-7(2-4-8)13(18)9-5-6-10(15)12(17)11(9)16/h1-6H,16-17H2. The molecule has 0 aromatic heterocycles. The first kappa shape index (κ1) is 12.0. The summed E-state index contributed by atoms with van der Waals surface area (Å²) in [5.74, 6) is -1.56. The molecule has 0 unspecified atom stereocenters. The minimum Gasteiger partial charge on any atom is -0.396 e. The molecular formula is C13H10F2N2O. The number of carbonyl (C=O) groups excluding carboxylic acids is 1. The van der Waals surface area contributed by atoms with Crippen molar-refractivity contribution in [3.05, 3.63) is 59.2 Å². The molecule has 0 bridgehead atoms. The van der Waals surface area contributed by atoms with E-state index in [0.29, 0.717) is 0 Å². The maximum Gasteiger partial charge on any atom is 0.195 e. The van der Waals surface area contributed by atoms with Crippen LogP contribution in [0.25, 0.3) is 0 Å². The van der Waals surface area contributed by atoms with Crippen molar-refractivity contribution in [2.75, 3.05) is 11.5 Å². The second-order valence-corrected chi connectivity index (χ2v) is 3.76. The Morgan fingerprint density at radius 1 is 0.889 bits per heavy atom. The highest BCUT2D eigenvalue weighted by molar-refractivity contribution is 6.13. The summed E-state index contributed by atoms with van der Waals surface area (Å²) < 4.78 is 25.9. The number of hydrogen-bond donors (Lipinski definition) is 2. The number of nitrogen functional groups attached to an aromatic ring is 2. The van der Waals surface area contributed by atoms with Gasteiger partial charge in [-0.2, -0.15) is 0 Å². The van der Waals surface area contributed by atoms with Crippen LogP contribution in [0.3, 0.4) is 0 Å². The van der Waals surface area contributed by atoms with Gasteiger partial charge in [-0.05, 0) is 36.4 Å². The van der Waals surface area contributed by atoms with Gasteiger partial charge in [-0.3, -0.25) is 4.79 Å². The molecule has 0 heterocycles. The van der Waals surface area contributed by atoms with Crippen LogP contribution in [0.4, 0.5) is 20.2 Å². The summed E-state index contributed by atoms with van der Waals surface area (Å²) in [6.45, 7) is 0. The summed E-state index contributed by atoms with van der Waals surface area (Å²) >= 11 is 0. The third-order valence-corrected chi connectivity index (χ3v) is 2.59. The Kier molecular flexibility index (Phi) is 2.97. The summed E-state index contributed by atoms with van der Waals surface area (Å²) in [6, 6.07) is 7.31. The maximum absolute atomic E-state index is 13.1. The minimum atomic E-state index is -0.678. The first-order valence-corrected chi connectivity index (χ1v) is 5.14. The van der Waals surface area contributed by atoms with Crippen molar-refractivity contribution in [3.63, 3.8) is 0 Å². The molecule has 4 N–H and O–H groups in total. The summed E-state index contributed by atoms with van der Waals surface area (Å²) in [5.41, 5.74) is 11.0. The molecule has 0 radical (unpaired) electrons. The van der Waals surface area contributed by atoms with Crippen LogP contribution < -0.4 is 11.5 Å². The van der Waals surface area contributed by atoms with Crippen LogP contribution in [0.5, 0.6) is 0 Å². The van der Waals surface area contributed by atoms with Crippen LogP contribution in [-0.2, 0) is 0 Å². The highest BCUT2D eigenvalue weighted by Gasteiger charge is 2.16. The van der Waals surface area contributed by atoms with Crippen LogP contribution >= 0.6 is 0 Å². The van der Waals surface area contributed by atoms with Gasteiger partial charge in [-0.15, -0.1) is 0 Å². The molecule has 0 atom stereocenters.